The molecule has 6 nitrogen and oxygen atoms in total. The van der Waals surface area contributed by atoms with Gasteiger partial charge < -0.3 is 4.98 Å². The van der Waals surface area contributed by atoms with Crippen LogP contribution in [0.3, 0.4) is 0 Å². The SMILES string of the molecule is O=[N+]([O-])c1ccc(Cl)c(CN2CCc3[nH]c(=S)ncc3C2)c1. The summed E-state index contributed by atoms with van der Waals surface area (Å²) in [6.07, 6.45) is 2.63. The van der Waals surface area contributed by atoms with E-state index in [2.05, 4.69) is 14.9 Å². The van der Waals surface area contributed by atoms with Gasteiger partial charge in [-0.15, -0.1) is 0 Å². The standard InChI is InChI=1S/C14H13ClN4O2S/c15-12-2-1-11(19(20)21)5-9(12)7-18-4-3-13-10(8-18)6-16-14(22)17-13/h1-2,5-6H,3-4,7-8H2,(H,16,17,22). The minimum atomic E-state index is -0.407. The summed E-state index contributed by atoms with van der Waals surface area (Å²) in [5.41, 5.74) is 3.03. The van der Waals surface area contributed by atoms with E-state index < -0.39 is 4.92 Å². The molecule has 0 spiro atoms. The number of aromatic amines is 1. The summed E-state index contributed by atoms with van der Waals surface area (Å²) in [6, 6.07) is 4.53. The number of nitro benzene ring substituents is 1. The number of non-ortho nitro benzene ring substituents is 1. The highest BCUT2D eigenvalue weighted by molar-refractivity contribution is 7.71. The van der Waals surface area contributed by atoms with Gasteiger partial charge in [0.25, 0.3) is 5.69 Å². The second-order valence-corrected chi connectivity index (χ2v) is 5.98. The molecule has 1 aliphatic heterocycles. The summed E-state index contributed by atoms with van der Waals surface area (Å²) in [5.74, 6) is 0. The van der Waals surface area contributed by atoms with Gasteiger partial charge in [-0.05, 0) is 23.8 Å². The third-order valence-electron chi connectivity index (χ3n) is 3.69. The zero-order valence-electron chi connectivity index (χ0n) is 11.6. The Bertz CT molecular complexity index is 793. The molecule has 0 bridgehead atoms. The maximum Gasteiger partial charge on any atom is 0.269 e. The van der Waals surface area contributed by atoms with Gasteiger partial charge in [-0.25, -0.2) is 4.98 Å². The van der Waals surface area contributed by atoms with Gasteiger partial charge in [0.2, 0.25) is 0 Å². The van der Waals surface area contributed by atoms with Gasteiger partial charge >= 0.3 is 0 Å². The summed E-state index contributed by atoms with van der Waals surface area (Å²) in [6.45, 7) is 2.12. The number of fused-ring (bicyclic) bond motifs is 1. The van der Waals surface area contributed by atoms with E-state index in [4.69, 9.17) is 23.8 Å². The van der Waals surface area contributed by atoms with E-state index in [-0.39, 0.29) is 5.69 Å². The minimum Gasteiger partial charge on any atom is -0.334 e. The number of hydrogen-bond donors (Lipinski definition) is 1. The lowest BCUT2D eigenvalue weighted by atomic mass is 10.1. The number of nitrogens with zero attached hydrogens (tertiary/aromatic N) is 3. The van der Waals surface area contributed by atoms with Crippen molar-refractivity contribution in [2.24, 2.45) is 0 Å². The Morgan fingerprint density at radius 3 is 3.09 bits per heavy atom. The van der Waals surface area contributed by atoms with Crippen LogP contribution in [0.1, 0.15) is 16.8 Å². The number of nitrogens with one attached hydrogen (secondary N) is 1. The molecular formula is C14H13ClN4O2S. The maximum absolute atomic E-state index is 10.9. The van der Waals surface area contributed by atoms with Crippen LogP contribution < -0.4 is 0 Å². The molecule has 0 radical (unpaired) electrons. The third kappa shape index (κ3) is 3.16. The number of aromatic nitrogens is 2. The fraction of sp³-hybridized carbons (Fsp3) is 0.286. The van der Waals surface area contributed by atoms with Crippen LogP contribution >= 0.6 is 23.8 Å². The topological polar surface area (TPSA) is 75.1 Å². The van der Waals surface area contributed by atoms with Crippen LogP contribution in [0.4, 0.5) is 5.69 Å². The van der Waals surface area contributed by atoms with Gasteiger partial charge in [0.05, 0.1) is 4.92 Å². The van der Waals surface area contributed by atoms with Crippen LogP contribution in [0.5, 0.6) is 0 Å². The molecule has 0 unspecified atom stereocenters. The van der Waals surface area contributed by atoms with Crippen molar-refractivity contribution in [2.45, 2.75) is 19.5 Å². The highest BCUT2D eigenvalue weighted by Gasteiger charge is 2.19. The normalized spacial score (nSPS) is 14.6. The highest BCUT2D eigenvalue weighted by Crippen LogP contribution is 2.25. The van der Waals surface area contributed by atoms with Crippen molar-refractivity contribution in [3.8, 4) is 0 Å². The van der Waals surface area contributed by atoms with Crippen molar-refractivity contribution in [1.82, 2.24) is 14.9 Å². The Morgan fingerprint density at radius 2 is 2.32 bits per heavy atom. The molecule has 114 valence electrons. The van der Waals surface area contributed by atoms with Crippen molar-refractivity contribution < 1.29 is 4.92 Å². The summed E-state index contributed by atoms with van der Waals surface area (Å²) in [4.78, 5) is 19.9. The molecule has 22 heavy (non-hydrogen) atoms. The number of halogens is 1. The summed E-state index contributed by atoms with van der Waals surface area (Å²) >= 11 is 11.2. The van der Waals surface area contributed by atoms with Gasteiger partial charge in [-0.1, -0.05) is 11.6 Å². The Labute approximate surface area is 136 Å². The van der Waals surface area contributed by atoms with E-state index in [1.165, 1.54) is 12.1 Å². The minimum absolute atomic E-state index is 0.0579. The molecular weight excluding hydrogens is 324 g/mol. The van der Waals surface area contributed by atoms with Gasteiger partial charge in [-0.2, -0.15) is 0 Å². The molecule has 3 rings (SSSR count). The van der Waals surface area contributed by atoms with Crippen molar-refractivity contribution in [1.29, 1.82) is 0 Å². The fourth-order valence-corrected chi connectivity index (χ4v) is 2.93. The van der Waals surface area contributed by atoms with Crippen LogP contribution in [0.15, 0.2) is 24.4 Å². The van der Waals surface area contributed by atoms with E-state index in [1.54, 1.807) is 12.3 Å². The number of H-pyrrole nitrogens is 1. The van der Waals surface area contributed by atoms with Crippen molar-refractivity contribution >= 4 is 29.5 Å². The average Bonchev–Trinajstić information content (AvgIpc) is 2.49. The number of hydrogen-bond acceptors (Lipinski definition) is 5. The molecule has 0 amide bonds. The van der Waals surface area contributed by atoms with E-state index in [0.29, 0.717) is 22.9 Å². The van der Waals surface area contributed by atoms with E-state index in [0.717, 1.165) is 29.8 Å². The molecule has 1 aromatic heterocycles. The second-order valence-electron chi connectivity index (χ2n) is 5.19. The van der Waals surface area contributed by atoms with Gasteiger partial charge in [0.15, 0.2) is 4.77 Å². The van der Waals surface area contributed by atoms with Crippen LogP contribution in [-0.2, 0) is 19.5 Å². The lowest BCUT2D eigenvalue weighted by molar-refractivity contribution is -0.384. The van der Waals surface area contributed by atoms with E-state index in [9.17, 15) is 10.1 Å². The Morgan fingerprint density at radius 1 is 1.50 bits per heavy atom. The van der Waals surface area contributed by atoms with Gasteiger partial charge in [0.1, 0.15) is 0 Å². The first-order chi connectivity index (χ1) is 10.5. The molecule has 2 heterocycles. The molecule has 8 heteroatoms. The zero-order chi connectivity index (χ0) is 15.7. The molecule has 0 aliphatic carbocycles. The van der Waals surface area contributed by atoms with E-state index >= 15 is 0 Å². The molecule has 1 aliphatic rings. The first kappa shape index (κ1) is 15.1. The fourth-order valence-electron chi connectivity index (χ4n) is 2.58. The summed E-state index contributed by atoms with van der Waals surface area (Å²) < 4.78 is 0.494. The van der Waals surface area contributed by atoms with Gasteiger partial charge in [0, 0.05) is 60.7 Å². The molecule has 1 aromatic carbocycles. The molecule has 0 atom stereocenters. The molecule has 0 saturated carbocycles. The highest BCUT2D eigenvalue weighted by atomic mass is 35.5. The van der Waals surface area contributed by atoms with E-state index in [1.807, 2.05) is 0 Å². The Kier molecular flexibility index (Phi) is 4.19. The maximum atomic E-state index is 10.9. The number of rotatable bonds is 3. The third-order valence-corrected chi connectivity index (χ3v) is 4.27. The average molecular weight is 337 g/mol. The number of nitro groups is 1. The lowest BCUT2D eigenvalue weighted by Gasteiger charge is -2.28. The van der Waals surface area contributed by atoms with Crippen LogP contribution in [0.2, 0.25) is 5.02 Å². The molecule has 0 saturated heterocycles. The smallest absolute Gasteiger partial charge is 0.269 e. The largest absolute Gasteiger partial charge is 0.334 e. The second kappa shape index (κ2) is 6.12. The van der Waals surface area contributed by atoms with Crippen molar-refractivity contribution in [2.75, 3.05) is 6.54 Å². The monoisotopic (exact) mass is 336 g/mol. The van der Waals surface area contributed by atoms with Crippen LogP contribution in [-0.4, -0.2) is 26.3 Å². The quantitative estimate of drug-likeness (QED) is 0.529. The number of benzene rings is 1. The predicted molar refractivity (Wildman–Crippen MR) is 85.3 cm³/mol. The van der Waals surface area contributed by atoms with Crippen molar-refractivity contribution in [3.63, 3.8) is 0 Å². The summed E-state index contributed by atoms with van der Waals surface area (Å²) in [5, 5.41) is 11.4. The first-order valence-corrected chi connectivity index (χ1v) is 7.54. The first-order valence-electron chi connectivity index (χ1n) is 6.75. The van der Waals surface area contributed by atoms with Crippen molar-refractivity contribution in [3.05, 3.63) is 61.1 Å². The van der Waals surface area contributed by atoms with Crippen LogP contribution in [0.25, 0.3) is 0 Å². The lowest BCUT2D eigenvalue weighted by Crippen LogP contribution is -2.31. The Balaban J connectivity index is 1.80. The molecule has 0 fully saturated rings. The molecule has 2 aromatic rings. The Hall–Kier alpha value is -1.83. The summed E-state index contributed by atoms with van der Waals surface area (Å²) in [7, 11) is 0. The zero-order valence-corrected chi connectivity index (χ0v) is 13.2. The van der Waals surface area contributed by atoms with Crippen LogP contribution in [0, 0.1) is 14.9 Å². The molecule has 1 N–H and O–H groups in total. The predicted octanol–water partition coefficient (Wildman–Crippen LogP) is 3.26. The van der Waals surface area contributed by atoms with Gasteiger partial charge in [-0.3, -0.25) is 15.0 Å².